The van der Waals surface area contributed by atoms with Crippen molar-refractivity contribution in [2.24, 2.45) is 7.05 Å². The molecule has 0 saturated heterocycles. The van der Waals surface area contributed by atoms with E-state index >= 15 is 0 Å². The van der Waals surface area contributed by atoms with Gasteiger partial charge in [-0.1, -0.05) is 0 Å². The molecule has 0 unspecified atom stereocenters. The minimum absolute atomic E-state index is 0.996. The van der Waals surface area contributed by atoms with E-state index in [4.69, 9.17) is 0 Å². The standard InChI is InChI=1S/C11H9N3S/c1-14-3-2-9-11(14)4-8(5-12-9)10-6-15-7-13-10/h2-7H,1H3. The number of nitrogens with zero attached hydrogens (tertiary/aromatic N) is 3. The smallest absolute Gasteiger partial charge is 0.0881 e. The van der Waals surface area contributed by atoms with Gasteiger partial charge in [0.1, 0.15) is 0 Å². The van der Waals surface area contributed by atoms with Crippen LogP contribution in [0.5, 0.6) is 0 Å². The van der Waals surface area contributed by atoms with Crippen molar-refractivity contribution in [1.82, 2.24) is 14.5 Å². The van der Waals surface area contributed by atoms with Crippen LogP contribution < -0.4 is 0 Å². The van der Waals surface area contributed by atoms with Crippen LogP contribution in [0.25, 0.3) is 22.3 Å². The maximum atomic E-state index is 4.40. The van der Waals surface area contributed by atoms with Crippen LogP contribution >= 0.6 is 11.3 Å². The maximum absolute atomic E-state index is 4.40. The second-order valence-electron chi connectivity index (χ2n) is 3.43. The number of hydrogen-bond donors (Lipinski definition) is 0. The Morgan fingerprint density at radius 2 is 2.27 bits per heavy atom. The van der Waals surface area contributed by atoms with E-state index in [0.29, 0.717) is 0 Å². The lowest BCUT2D eigenvalue weighted by Gasteiger charge is -1.99. The van der Waals surface area contributed by atoms with Gasteiger partial charge in [0, 0.05) is 30.4 Å². The summed E-state index contributed by atoms with van der Waals surface area (Å²) < 4.78 is 2.07. The van der Waals surface area contributed by atoms with Gasteiger partial charge in [-0.05, 0) is 12.1 Å². The second kappa shape index (κ2) is 3.17. The van der Waals surface area contributed by atoms with Crippen LogP contribution in [0.15, 0.2) is 35.4 Å². The van der Waals surface area contributed by atoms with Crippen molar-refractivity contribution in [2.45, 2.75) is 0 Å². The van der Waals surface area contributed by atoms with Crippen LogP contribution in [-0.2, 0) is 7.05 Å². The van der Waals surface area contributed by atoms with Crippen LogP contribution in [-0.4, -0.2) is 14.5 Å². The lowest BCUT2D eigenvalue weighted by Crippen LogP contribution is -1.86. The van der Waals surface area contributed by atoms with Gasteiger partial charge in [-0.15, -0.1) is 11.3 Å². The summed E-state index contributed by atoms with van der Waals surface area (Å²) in [6, 6.07) is 4.14. The molecule has 3 rings (SSSR count). The van der Waals surface area contributed by atoms with Crippen LogP contribution in [0.1, 0.15) is 0 Å². The van der Waals surface area contributed by atoms with Gasteiger partial charge >= 0.3 is 0 Å². The zero-order valence-corrected chi connectivity index (χ0v) is 9.03. The molecular formula is C11H9N3S. The third-order valence-corrected chi connectivity index (χ3v) is 3.05. The molecule has 0 aliphatic rings. The van der Waals surface area contributed by atoms with E-state index in [-0.39, 0.29) is 0 Å². The normalized spacial score (nSPS) is 11.0. The molecule has 74 valence electrons. The van der Waals surface area contributed by atoms with Gasteiger partial charge in [-0.2, -0.15) is 0 Å². The summed E-state index contributed by atoms with van der Waals surface area (Å²) in [4.78, 5) is 8.68. The molecule has 15 heavy (non-hydrogen) atoms. The Kier molecular flexibility index (Phi) is 1.82. The fourth-order valence-electron chi connectivity index (χ4n) is 1.63. The Balaban J connectivity index is 2.25. The first-order valence-electron chi connectivity index (χ1n) is 4.64. The summed E-state index contributed by atoms with van der Waals surface area (Å²) in [7, 11) is 2.02. The van der Waals surface area contributed by atoms with Gasteiger partial charge in [-0.3, -0.25) is 4.98 Å². The molecule has 0 fully saturated rings. The van der Waals surface area contributed by atoms with Gasteiger partial charge < -0.3 is 4.57 Å². The number of thiazole rings is 1. The second-order valence-corrected chi connectivity index (χ2v) is 4.15. The Morgan fingerprint density at radius 1 is 1.33 bits per heavy atom. The van der Waals surface area contributed by atoms with Crippen molar-refractivity contribution in [3.8, 4) is 11.3 Å². The Labute approximate surface area is 91.0 Å². The number of pyridine rings is 1. The topological polar surface area (TPSA) is 30.7 Å². The molecule has 0 N–H and O–H groups in total. The minimum Gasteiger partial charge on any atom is -0.349 e. The quantitative estimate of drug-likeness (QED) is 0.625. The average Bonchev–Trinajstić information content (AvgIpc) is 2.88. The molecule has 0 saturated carbocycles. The van der Waals surface area contributed by atoms with Crippen molar-refractivity contribution >= 4 is 22.4 Å². The zero-order chi connectivity index (χ0) is 10.3. The van der Waals surface area contributed by atoms with E-state index in [1.54, 1.807) is 11.3 Å². The fraction of sp³-hybridized carbons (Fsp3) is 0.0909. The van der Waals surface area contributed by atoms with Crippen molar-refractivity contribution < 1.29 is 0 Å². The van der Waals surface area contributed by atoms with E-state index in [2.05, 4.69) is 20.6 Å². The Hall–Kier alpha value is -1.68. The Morgan fingerprint density at radius 3 is 3.07 bits per heavy atom. The molecule has 3 nitrogen and oxygen atoms in total. The summed E-state index contributed by atoms with van der Waals surface area (Å²) in [6.45, 7) is 0. The summed E-state index contributed by atoms with van der Waals surface area (Å²) in [5.74, 6) is 0. The predicted octanol–water partition coefficient (Wildman–Crippen LogP) is 2.70. The molecule has 0 spiro atoms. The SMILES string of the molecule is Cn1ccc2ncc(-c3cscn3)cc21. The van der Waals surface area contributed by atoms with Gasteiger partial charge in [0.25, 0.3) is 0 Å². The van der Waals surface area contributed by atoms with E-state index in [1.165, 1.54) is 0 Å². The van der Waals surface area contributed by atoms with Crippen LogP contribution in [0, 0.1) is 0 Å². The minimum atomic E-state index is 0.996. The highest BCUT2D eigenvalue weighted by atomic mass is 32.1. The highest BCUT2D eigenvalue weighted by molar-refractivity contribution is 7.07. The zero-order valence-electron chi connectivity index (χ0n) is 8.21. The summed E-state index contributed by atoms with van der Waals surface area (Å²) in [5, 5.41) is 2.03. The van der Waals surface area contributed by atoms with Gasteiger partial charge in [-0.25, -0.2) is 4.98 Å². The van der Waals surface area contributed by atoms with E-state index in [1.807, 2.05) is 36.4 Å². The molecule has 0 aliphatic carbocycles. The van der Waals surface area contributed by atoms with Crippen molar-refractivity contribution in [2.75, 3.05) is 0 Å². The van der Waals surface area contributed by atoms with Gasteiger partial charge in [0.05, 0.1) is 22.2 Å². The summed E-state index contributed by atoms with van der Waals surface area (Å²) >= 11 is 1.60. The fourth-order valence-corrected chi connectivity index (χ4v) is 2.19. The van der Waals surface area contributed by atoms with Gasteiger partial charge in [0.15, 0.2) is 0 Å². The third-order valence-electron chi connectivity index (χ3n) is 2.46. The first-order chi connectivity index (χ1) is 7.34. The van der Waals surface area contributed by atoms with Crippen molar-refractivity contribution in [1.29, 1.82) is 0 Å². The summed E-state index contributed by atoms with van der Waals surface area (Å²) in [6.07, 6.45) is 3.89. The summed E-state index contributed by atoms with van der Waals surface area (Å²) in [5.41, 5.74) is 6.07. The first-order valence-corrected chi connectivity index (χ1v) is 5.58. The van der Waals surface area contributed by atoms with E-state index < -0.39 is 0 Å². The molecule has 0 radical (unpaired) electrons. The van der Waals surface area contributed by atoms with Crippen molar-refractivity contribution in [3.63, 3.8) is 0 Å². The van der Waals surface area contributed by atoms with E-state index in [9.17, 15) is 0 Å². The molecule has 3 heterocycles. The molecule has 0 aromatic carbocycles. The predicted molar refractivity (Wildman–Crippen MR) is 61.8 cm³/mol. The first kappa shape index (κ1) is 8.61. The number of hydrogen-bond acceptors (Lipinski definition) is 3. The molecule has 3 aromatic heterocycles. The van der Waals surface area contributed by atoms with Crippen LogP contribution in [0.2, 0.25) is 0 Å². The number of aromatic nitrogens is 3. The average molecular weight is 215 g/mol. The highest BCUT2D eigenvalue weighted by Crippen LogP contribution is 2.22. The number of aryl methyl sites for hydroxylation is 1. The van der Waals surface area contributed by atoms with Gasteiger partial charge in [0.2, 0.25) is 0 Å². The van der Waals surface area contributed by atoms with Crippen LogP contribution in [0.4, 0.5) is 0 Å². The monoisotopic (exact) mass is 215 g/mol. The number of rotatable bonds is 1. The molecule has 4 heteroatoms. The van der Waals surface area contributed by atoms with Crippen LogP contribution in [0.3, 0.4) is 0 Å². The largest absolute Gasteiger partial charge is 0.349 e. The lowest BCUT2D eigenvalue weighted by molar-refractivity contribution is 0.968. The maximum Gasteiger partial charge on any atom is 0.0881 e. The Bertz CT molecular complexity index is 595. The molecule has 0 atom stereocenters. The molecular weight excluding hydrogens is 206 g/mol. The van der Waals surface area contributed by atoms with E-state index in [0.717, 1.165) is 22.3 Å². The third kappa shape index (κ3) is 1.34. The molecule has 0 amide bonds. The molecule has 3 aromatic rings. The molecule has 0 bridgehead atoms. The number of fused-ring (bicyclic) bond motifs is 1. The highest BCUT2D eigenvalue weighted by Gasteiger charge is 2.04. The lowest BCUT2D eigenvalue weighted by atomic mass is 10.2. The van der Waals surface area contributed by atoms with Crippen molar-refractivity contribution in [3.05, 3.63) is 35.4 Å². The molecule has 0 aliphatic heterocycles.